The number of hydrogen-bond donors (Lipinski definition) is 1. The number of nitrogens with two attached hydrogens (primary N) is 1. The van der Waals surface area contributed by atoms with Crippen molar-refractivity contribution in [3.8, 4) is 0 Å². The van der Waals surface area contributed by atoms with E-state index in [-0.39, 0.29) is 6.04 Å². The summed E-state index contributed by atoms with van der Waals surface area (Å²) in [6.45, 7) is 2.79. The van der Waals surface area contributed by atoms with Crippen LogP contribution in [0.5, 0.6) is 0 Å². The number of thioether (sulfide) groups is 1. The molecule has 0 amide bonds. The van der Waals surface area contributed by atoms with Gasteiger partial charge >= 0.3 is 0 Å². The van der Waals surface area contributed by atoms with Gasteiger partial charge in [-0.05, 0) is 18.6 Å². The van der Waals surface area contributed by atoms with Crippen molar-refractivity contribution in [2.45, 2.75) is 17.9 Å². The van der Waals surface area contributed by atoms with Crippen LogP contribution in [0.3, 0.4) is 0 Å². The topological polar surface area (TPSA) is 35.2 Å². The molecular formula is C11H17NOS. The van der Waals surface area contributed by atoms with Gasteiger partial charge in [0.05, 0.1) is 6.61 Å². The van der Waals surface area contributed by atoms with Crippen molar-refractivity contribution in [1.29, 1.82) is 0 Å². The van der Waals surface area contributed by atoms with Crippen LogP contribution in [-0.4, -0.2) is 19.5 Å². The SMILES string of the molecule is COCCSc1ccccc1[C@@H](C)N. The molecule has 0 saturated heterocycles. The van der Waals surface area contributed by atoms with Crippen LogP contribution in [0, 0.1) is 0 Å². The molecule has 14 heavy (non-hydrogen) atoms. The van der Waals surface area contributed by atoms with E-state index in [1.54, 1.807) is 18.9 Å². The summed E-state index contributed by atoms with van der Waals surface area (Å²) in [4.78, 5) is 1.26. The summed E-state index contributed by atoms with van der Waals surface area (Å²) in [5, 5.41) is 0. The Kier molecular flexibility index (Phi) is 5.01. The lowest BCUT2D eigenvalue weighted by atomic mass is 10.1. The molecule has 0 bridgehead atoms. The number of hydrogen-bond acceptors (Lipinski definition) is 3. The van der Waals surface area contributed by atoms with Gasteiger partial charge in [0, 0.05) is 23.8 Å². The van der Waals surface area contributed by atoms with Crippen LogP contribution < -0.4 is 5.73 Å². The van der Waals surface area contributed by atoms with Gasteiger partial charge in [0.15, 0.2) is 0 Å². The molecule has 1 atom stereocenters. The van der Waals surface area contributed by atoms with Crippen LogP contribution in [0.4, 0.5) is 0 Å². The smallest absolute Gasteiger partial charge is 0.0556 e. The maximum Gasteiger partial charge on any atom is 0.0556 e. The van der Waals surface area contributed by atoms with Crippen molar-refractivity contribution in [3.05, 3.63) is 29.8 Å². The first-order valence-electron chi connectivity index (χ1n) is 4.72. The second-order valence-electron chi connectivity index (χ2n) is 3.17. The summed E-state index contributed by atoms with van der Waals surface area (Å²) in [7, 11) is 1.72. The quantitative estimate of drug-likeness (QED) is 0.600. The van der Waals surface area contributed by atoms with Crippen molar-refractivity contribution >= 4 is 11.8 Å². The summed E-state index contributed by atoms with van der Waals surface area (Å²) in [6, 6.07) is 8.36. The van der Waals surface area contributed by atoms with E-state index in [2.05, 4.69) is 12.1 Å². The molecule has 78 valence electrons. The molecule has 0 saturated carbocycles. The third-order valence-corrected chi connectivity index (χ3v) is 3.01. The molecule has 0 aliphatic heterocycles. The fourth-order valence-electron chi connectivity index (χ4n) is 1.22. The van der Waals surface area contributed by atoms with E-state index in [9.17, 15) is 0 Å². The van der Waals surface area contributed by atoms with Gasteiger partial charge in [-0.3, -0.25) is 0 Å². The molecule has 0 unspecified atom stereocenters. The van der Waals surface area contributed by atoms with E-state index >= 15 is 0 Å². The highest BCUT2D eigenvalue weighted by molar-refractivity contribution is 7.99. The van der Waals surface area contributed by atoms with Gasteiger partial charge in [-0.25, -0.2) is 0 Å². The minimum absolute atomic E-state index is 0.0984. The average Bonchev–Trinajstić information content (AvgIpc) is 2.19. The summed E-state index contributed by atoms with van der Waals surface area (Å²) < 4.78 is 5.01. The molecule has 1 aromatic rings. The van der Waals surface area contributed by atoms with Gasteiger partial charge in [-0.15, -0.1) is 11.8 Å². The lowest BCUT2D eigenvalue weighted by molar-refractivity contribution is 0.218. The first kappa shape index (κ1) is 11.6. The maximum atomic E-state index is 5.87. The van der Waals surface area contributed by atoms with Gasteiger partial charge in [-0.1, -0.05) is 18.2 Å². The Bertz CT molecular complexity index is 276. The molecule has 0 heterocycles. The van der Waals surface area contributed by atoms with Crippen molar-refractivity contribution < 1.29 is 4.74 Å². The zero-order valence-electron chi connectivity index (χ0n) is 8.69. The number of rotatable bonds is 5. The molecule has 2 nitrogen and oxygen atoms in total. The van der Waals surface area contributed by atoms with E-state index in [1.165, 1.54) is 10.5 Å². The van der Waals surface area contributed by atoms with Gasteiger partial charge in [0.2, 0.25) is 0 Å². The monoisotopic (exact) mass is 211 g/mol. The Balaban J connectivity index is 2.64. The summed E-state index contributed by atoms with van der Waals surface area (Å²) >= 11 is 1.79. The average molecular weight is 211 g/mol. The van der Waals surface area contributed by atoms with Crippen molar-refractivity contribution in [3.63, 3.8) is 0 Å². The first-order valence-corrected chi connectivity index (χ1v) is 5.70. The highest BCUT2D eigenvalue weighted by Crippen LogP contribution is 2.25. The Morgan fingerprint density at radius 3 is 2.79 bits per heavy atom. The van der Waals surface area contributed by atoms with E-state index in [0.717, 1.165) is 12.4 Å². The number of benzene rings is 1. The van der Waals surface area contributed by atoms with E-state index in [4.69, 9.17) is 10.5 Å². The van der Waals surface area contributed by atoms with Crippen LogP contribution in [0.25, 0.3) is 0 Å². The standard InChI is InChI=1S/C11H17NOS/c1-9(12)10-5-3-4-6-11(10)14-8-7-13-2/h3-6,9H,7-8,12H2,1-2H3/t9-/m1/s1. The zero-order valence-corrected chi connectivity index (χ0v) is 9.51. The minimum atomic E-state index is 0.0984. The van der Waals surface area contributed by atoms with Gasteiger partial charge < -0.3 is 10.5 Å². The normalized spacial score (nSPS) is 12.8. The van der Waals surface area contributed by atoms with Crippen LogP contribution in [0.15, 0.2) is 29.2 Å². The highest BCUT2D eigenvalue weighted by atomic mass is 32.2. The molecule has 0 radical (unpaired) electrons. The van der Waals surface area contributed by atoms with Crippen molar-refractivity contribution in [1.82, 2.24) is 0 Å². The van der Waals surface area contributed by atoms with E-state index < -0.39 is 0 Å². The molecular weight excluding hydrogens is 194 g/mol. The first-order chi connectivity index (χ1) is 6.75. The van der Waals surface area contributed by atoms with Crippen molar-refractivity contribution in [2.24, 2.45) is 5.73 Å². The summed E-state index contributed by atoms with van der Waals surface area (Å²) in [6.07, 6.45) is 0. The van der Waals surface area contributed by atoms with Gasteiger partial charge in [-0.2, -0.15) is 0 Å². The summed E-state index contributed by atoms with van der Waals surface area (Å²) in [5.41, 5.74) is 7.09. The Morgan fingerprint density at radius 1 is 1.43 bits per heavy atom. The van der Waals surface area contributed by atoms with Crippen LogP contribution in [-0.2, 0) is 4.74 Å². The van der Waals surface area contributed by atoms with Crippen LogP contribution in [0.2, 0.25) is 0 Å². The molecule has 0 spiro atoms. The molecule has 1 aromatic carbocycles. The van der Waals surface area contributed by atoms with Crippen molar-refractivity contribution in [2.75, 3.05) is 19.5 Å². The number of ether oxygens (including phenoxy) is 1. The fourth-order valence-corrected chi connectivity index (χ4v) is 2.29. The zero-order chi connectivity index (χ0) is 10.4. The van der Waals surface area contributed by atoms with E-state index in [1.807, 2.05) is 19.1 Å². The van der Waals surface area contributed by atoms with Crippen LogP contribution in [0.1, 0.15) is 18.5 Å². The Hall–Kier alpha value is -0.510. The molecule has 1 rings (SSSR count). The largest absolute Gasteiger partial charge is 0.384 e. The molecule has 0 aromatic heterocycles. The molecule has 2 N–H and O–H groups in total. The predicted octanol–water partition coefficient (Wildman–Crippen LogP) is 2.44. The number of methoxy groups -OCH3 is 1. The maximum absolute atomic E-state index is 5.87. The second-order valence-corrected chi connectivity index (χ2v) is 4.30. The highest BCUT2D eigenvalue weighted by Gasteiger charge is 2.05. The molecule has 3 heteroatoms. The minimum Gasteiger partial charge on any atom is -0.384 e. The summed E-state index contributed by atoms with van der Waals surface area (Å²) in [5.74, 6) is 0.972. The van der Waals surface area contributed by atoms with Gasteiger partial charge in [0.1, 0.15) is 0 Å². The third kappa shape index (κ3) is 3.33. The second kappa shape index (κ2) is 6.06. The van der Waals surface area contributed by atoms with E-state index in [0.29, 0.717) is 0 Å². The molecule has 0 fully saturated rings. The molecule has 0 aliphatic carbocycles. The predicted molar refractivity (Wildman–Crippen MR) is 61.6 cm³/mol. The fraction of sp³-hybridized carbons (Fsp3) is 0.455. The van der Waals surface area contributed by atoms with Crippen LogP contribution >= 0.6 is 11.8 Å². The lowest BCUT2D eigenvalue weighted by Gasteiger charge is -2.11. The Labute approximate surface area is 89.8 Å². The van der Waals surface area contributed by atoms with Gasteiger partial charge in [0.25, 0.3) is 0 Å². The lowest BCUT2D eigenvalue weighted by Crippen LogP contribution is -2.06. The third-order valence-electron chi connectivity index (χ3n) is 1.95. The Morgan fingerprint density at radius 2 is 2.14 bits per heavy atom. The molecule has 0 aliphatic rings.